The van der Waals surface area contributed by atoms with Gasteiger partial charge < -0.3 is 28.1 Å². The average Bonchev–Trinajstić information content (AvgIpc) is 1.09. The number of para-hydroxylation sites is 8. The zero-order valence-corrected chi connectivity index (χ0v) is 62.7. The molecule has 4 aromatic heterocycles. The molecule has 6 heterocycles. The molecule has 0 fully saturated rings. The lowest BCUT2D eigenvalue weighted by atomic mass is 9.33. The first kappa shape index (κ1) is 64.6. The van der Waals surface area contributed by atoms with Crippen LogP contribution in [0.15, 0.2) is 388 Å². The quantitative estimate of drug-likeness (QED) is 0.128. The van der Waals surface area contributed by atoms with Gasteiger partial charge in [-0.25, -0.2) is 0 Å². The van der Waals surface area contributed by atoms with Crippen LogP contribution in [-0.4, -0.2) is 25.0 Å². The van der Waals surface area contributed by atoms with Gasteiger partial charge in [0, 0.05) is 111 Å². The summed E-state index contributed by atoms with van der Waals surface area (Å²) in [6.45, 7) is 6.91. The third kappa shape index (κ3) is 9.81. The number of benzene rings is 17. The first-order valence-electron chi connectivity index (χ1n) is 39.3. The Morgan fingerprint density at radius 1 is 0.212 bits per heavy atom. The fraction of sp³-hybridized carbons (Fsp3) is 0.0377. The number of rotatable bonds is 10. The van der Waals surface area contributed by atoms with Gasteiger partial charge in [0.1, 0.15) is 0 Å². The highest BCUT2D eigenvalue weighted by atomic mass is 15.2. The average molecular weight is 1440 g/mol. The summed E-state index contributed by atoms with van der Waals surface area (Å²) in [4.78, 5) is 5.42. The van der Waals surface area contributed by atoms with Crippen molar-refractivity contribution in [3.05, 3.63) is 394 Å². The molecule has 0 atom stereocenters. The second-order valence-electron chi connectivity index (χ2n) is 31.5. The Morgan fingerprint density at radius 3 is 0.788 bits per heavy atom. The Labute approximate surface area is 655 Å². The van der Waals surface area contributed by atoms with Crippen molar-refractivity contribution in [1.82, 2.24) is 18.3 Å². The zero-order valence-electron chi connectivity index (χ0n) is 62.7. The minimum absolute atomic E-state index is 0.272. The van der Waals surface area contributed by atoms with Gasteiger partial charge in [0.2, 0.25) is 0 Å². The molecule has 0 N–H and O–H groups in total. The van der Waals surface area contributed by atoms with Crippen molar-refractivity contribution in [2.45, 2.75) is 26.2 Å². The van der Waals surface area contributed by atoms with Crippen LogP contribution in [0.3, 0.4) is 0 Å². The zero-order chi connectivity index (χ0) is 74.7. The topological polar surface area (TPSA) is 26.2 Å². The molecule has 23 rings (SSSR count). The van der Waals surface area contributed by atoms with Gasteiger partial charge in [-0.3, -0.25) is 0 Å². The Bertz CT molecular complexity index is 6900. The number of fused-ring (bicyclic) bond motifs is 16. The van der Waals surface area contributed by atoms with Gasteiger partial charge in [-0.15, -0.1) is 0 Å². The number of anilines is 6. The first-order chi connectivity index (χ1) is 55.8. The Hall–Kier alpha value is -14.4. The van der Waals surface area contributed by atoms with Crippen LogP contribution < -0.4 is 26.2 Å². The van der Waals surface area contributed by atoms with E-state index in [1.54, 1.807) is 0 Å². The van der Waals surface area contributed by atoms with Gasteiger partial charge in [0.15, 0.2) is 0 Å². The van der Waals surface area contributed by atoms with Crippen LogP contribution in [0.25, 0.3) is 154 Å². The van der Waals surface area contributed by atoms with Crippen LogP contribution >= 0.6 is 0 Å². The number of nitrogens with zero attached hydrogens (tertiary/aromatic N) is 6. The molecule has 2 aliphatic rings. The molecular formula is C106H73BN6. The molecule has 0 unspecified atom stereocenters. The van der Waals surface area contributed by atoms with E-state index in [9.17, 15) is 0 Å². The van der Waals surface area contributed by atoms with Crippen LogP contribution in [0.1, 0.15) is 26.3 Å². The van der Waals surface area contributed by atoms with Crippen LogP contribution in [0.4, 0.5) is 34.1 Å². The summed E-state index contributed by atoms with van der Waals surface area (Å²) in [7, 11) is 0. The lowest BCUT2D eigenvalue weighted by molar-refractivity contribution is 0.590. The first-order valence-corrected chi connectivity index (χ1v) is 39.3. The van der Waals surface area contributed by atoms with Crippen molar-refractivity contribution in [3.8, 4) is 67.3 Å². The monoisotopic (exact) mass is 1440 g/mol. The number of aromatic nitrogens is 4. The minimum atomic E-state index is -0.346. The van der Waals surface area contributed by atoms with Crippen molar-refractivity contribution >= 4 is 144 Å². The van der Waals surface area contributed by atoms with Crippen LogP contribution in [0.5, 0.6) is 0 Å². The molecule has 0 saturated heterocycles. The van der Waals surface area contributed by atoms with Crippen LogP contribution in [-0.2, 0) is 5.41 Å². The molecule has 0 bridgehead atoms. The van der Waals surface area contributed by atoms with Crippen molar-refractivity contribution in [3.63, 3.8) is 0 Å². The maximum Gasteiger partial charge on any atom is 0.252 e. The maximum absolute atomic E-state index is 2.71. The van der Waals surface area contributed by atoms with E-state index in [1.807, 2.05) is 0 Å². The molecule has 2 aliphatic heterocycles. The largest absolute Gasteiger partial charge is 0.310 e. The highest BCUT2D eigenvalue weighted by Gasteiger charge is 2.46. The van der Waals surface area contributed by atoms with E-state index in [1.165, 1.54) is 87.1 Å². The smallest absolute Gasteiger partial charge is 0.252 e. The standard InChI is InChI=1S/C106H73BN6/c1-106(2,3)72-60-101-103-102(61-72)113(105-79(70-36-14-6-15-37-70)50-31-51-80(105)71-38-16-7-17-39-71)100-63-76(111-94-55-29-25-47-84(94)88-65-96-86(67-98(88)111)82-45-23-27-53-92(82)109(96)74-42-20-9-21-43-74)57-59-90(100)107(103)89-58-56-75(62-99(89)112(101)104-77(68-32-10-4-11-33-68)48-30-49-78(104)69-34-12-5-13-35-69)110-93-54-28-24-46-83(93)87-64-95-85(66-97(87)110)81-44-22-26-52-91(81)108(95)73-40-18-8-19-41-73/h4-67H,1-3H3. The normalized spacial score (nSPS) is 12.7. The second-order valence-corrected chi connectivity index (χ2v) is 31.5. The summed E-state index contributed by atoms with van der Waals surface area (Å²) in [5.41, 5.74) is 34.1. The summed E-state index contributed by atoms with van der Waals surface area (Å²) in [6, 6.07) is 146. The van der Waals surface area contributed by atoms with Crippen molar-refractivity contribution in [2.24, 2.45) is 0 Å². The molecule has 0 amide bonds. The third-order valence-corrected chi connectivity index (χ3v) is 24.2. The van der Waals surface area contributed by atoms with E-state index in [4.69, 9.17) is 0 Å². The minimum Gasteiger partial charge on any atom is -0.310 e. The van der Waals surface area contributed by atoms with Gasteiger partial charge in [-0.2, -0.15) is 0 Å². The van der Waals surface area contributed by atoms with Crippen molar-refractivity contribution < 1.29 is 0 Å². The van der Waals surface area contributed by atoms with Gasteiger partial charge in [-0.1, -0.05) is 300 Å². The lowest BCUT2D eigenvalue weighted by Crippen LogP contribution is -2.61. The van der Waals surface area contributed by atoms with Crippen molar-refractivity contribution in [1.29, 1.82) is 0 Å². The summed E-state index contributed by atoms with van der Waals surface area (Å²) in [5, 5.41) is 9.63. The summed E-state index contributed by atoms with van der Waals surface area (Å²) in [5.74, 6) is 0. The van der Waals surface area contributed by atoms with Gasteiger partial charge in [-0.05, 0) is 159 Å². The van der Waals surface area contributed by atoms with Gasteiger partial charge in [0.05, 0.1) is 55.5 Å². The summed E-state index contributed by atoms with van der Waals surface area (Å²) < 4.78 is 10.00. The third-order valence-electron chi connectivity index (χ3n) is 24.2. The van der Waals surface area contributed by atoms with Crippen LogP contribution in [0, 0.1) is 0 Å². The molecular weight excluding hydrogens is 1370 g/mol. The molecule has 21 aromatic rings. The Kier molecular flexibility index (Phi) is 14.3. The van der Waals surface area contributed by atoms with E-state index in [0.717, 1.165) is 123 Å². The molecule has 17 aromatic carbocycles. The Morgan fingerprint density at radius 2 is 0.487 bits per heavy atom. The van der Waals surface area contributed by atoms with E-state index >= 15 is 0 Å². The highest BCUT2D eigenvalue weighted by molar-refractivity contribution is 7.00. The lowest BCUT2D eigenvalue weighted by Gasteiger charge is -2.46. The molecule has 6 nitrogen and oxygen atoms in total. The van der Waals surface area contributed by atoms with E-state index in [2.05, 4.69) is 437 Å². The molecule has 0 aliphatic carbocycles. The predicted octanol–water partition coefficient (Wildman–Crippen LogP) is 26.1. The molecule has 530 valence electrons. The molecule has 0 spiro atoms. The van der Waals surface area contributed by atoms with E-state index < -0.39 is 0 Å². The molecule has 7 heteroatoms. The fourth-order valence-corrected chi connectivity index (χ4v) is 19.3. The summed E-state index contributed by atoms with van der Waals surface area (Å²) >= 11 is 0. The molecule has 0 saturated carbocycles. The van der Waals surface area contributed by atoms with E-state index in [0.29, 0.717) is 0 Å². The molecule has 113 heavy (non-hydrogen) atoms. The van der Waals surface area contributed by atoms with Crippen LogP contribution in [0.2, 0.25) is 0 Å². The van der Waals surface area contributed by atoms with Crippen molar-refractivity contribution in [2.75, 3.05) is 9.80 Å². The number of hydrogen-bond donors (Lipinski definition) is 0. The maximum atomic E-state index is 2.71. The SMILES string of the molecule is CC(C)(C)c1cc2c3c(c1)N(c1c(-c4ccccc4)cccc1-c1ccccc1)c1cc(-n4c5ccccc5c5cc6c(cc54)c4ccccc4n6-c4ccccc4)ccc1B3c1ccc(-n3c4ccccc4c4cc5c(cc43)c3ccccc3n5-c3ccccc3)cc1N2c1c(-c2ccccc2)cccc1-c1ccccc1. The second kappa shape index (κ2) is 25.1. The van der Waals surface area contributed by atoms with Gasteiger partial charge >= 0.3 is 0 Å². The van der Waals surface area contributed by atoms with E-state index in [-0.39, 0.29) is 12.1 Å². The number of hydrogen-bond acceptors (Lipinski definition) is 2. The summed E-state index contributed by atoms with van der Waals surface area (Å²) in [6.07, 6.45) is 0. The Balaban J connectivity index is 0.856. The van der Waals surface area contributed by atoms with Gasteiger partial charge in [0.25, 0.3) is 6.71 Å². The molecule has 0 radical (unpaired) electrons. The fourth-order valence-electron chi connectivity index (χ4n) is 19.3. The predicted molar refractivity (Wildman–Crippen MR) is 478 cm³/mol. The highest BCUT2D eigenvalue weighted by Crippen LogP contribution is 2.55.